The van der Waals surface area contributed by atoms with Gasteiger partial charge in [0.05, 0.1) is 12.6 Å². The van der Waals surface area contributed by atoms with Crippen molar-refractivity contribution in [2.75, 3.05) is 20.3 Å². The zero-order valence-corrected chi connectivity index (χ0v) is 14.4. The summed E-state index contributed by atoms with van der Waals surface area (Å²) in [5.41, 5.74) is 1.05. The number of hydrogen-bond donors (Lipinski definition) is 2. The molecule has 1 heterocycles. The zero-order chi connectivity index (χ0) is 16.8. The highest BCUT2D eigenvalue weighted by atomic mass is 16.5. The van der Waals surface area contributed by atoms with Crippen LogP contribution >= 0.6 is 0 Å². The van der Waals surface area contributed by atoms with Crippen molar-refractivity contribution >= 4 is 5.91 Å². The van der Waals surface area contributed by atoms with E-state index in [0.717, 1.165) is 17.7 Å². The quantitative estimate of drug-likeness (QED) is 0.752. The number of nitrogens with one attached hydrogen (secondary N) is 2. The van der Waals surface area contributed by atoms with Gasteiger partial charge in [0.1, 0.15) is 12.4 Å². The minimum absolute atomic E-state index is 0.0285. The molecule has 0 spiro atoms. The first kappa shape index (κ1) is 17.2. The van der Waals surface area contributed by atoms with Crippen LogP contribution in [0.25, 0.3) is 0 Å². The third-order valence-corrected chi connectivity index (χ3v) is 5.10. The standard InChI is InChI=1S/C19H28N2O3/c1-23-9-10-24-16-7-4-5-14(11-16)13-20-19(22)18-12-15-6-2-3-8-17(15)21-18/h4-5,7,11,15,17-18,21H,2-3,6,8-10,12-13H2,1H3,(H,20,22). The summed E-state index contributed by atoms with van der Waals surface area (Å²) in [6.07, 6.45) is 6.07. The summed E-state index contributed by atoms with van der Waals surface area (Å²) in [6, 6.07) is 8.37. The minimum Gasteiger partial charge on any atom is -0.491 e. The number of rotatable bonds is 7. The highest BCUT2D eigenvalue weighted by Crippen LogP contribution is 2.33. The lowest BCUT2D eigenvalue weighted by Crippen LogP contribution is -2.42. The number of ether oxygens (including phenoxy) is 2. The fraction of sp³-hybridized carbons (Fsp3) is 0.632. The van der Waals surface area contributed by atoms with Gasteiger partial charge in [0.15, 0.2) is 0 Å². The lowest BCUT2D eigenvalue weighted by molar-refractivity contribution is -0.123. The predicted octanol–water partition coefficient (Wildman–Crippen LogP) is 2.25. The van der Waals surface area contributed by atoms with Gasteiger partial charge in [-0.1, -0.05) is 25.0 Å². The molecule has 3 unspecified atom stereocenters. The number of fused-ring (bicyclic) bond motifs is 1. The van der Waals surface area contributed by atoms with Crippen LogP contribution in [-0.2, 0) is 16.1 Å². The third-order valence-electron chi connectivity index (χ3n) is 5.10. The van der Waals surface area contributed by atoms with Gasteiger partial charge in [0.2, 0.25) is 5.91 Å². The van der Waals surface area contributed by atoms with Crippen molar-refractivity contribution in [3.8, 4) is 5.75 Å². The smallest absolute Gasteiger partial charge is 0.237 e. The first-order valence-electron chi connectivity index (χ1n) is 9.00. The van der Waals surface area contributed by atoms with E-state index in [0.29, 0.717) is 31.7 Å². The molecule has 1 saturated carbocycles. The molecule has 1 amide bonds. The highest BCUT2D eigenvalue weighted by molar-refractivity contribution is 5.82. The molecule has 1 saturated heterocycles. The van der Waals surface area contributed by atoms with Crippen molar-refractivity contribution in [2.45, 2.75) is 50.7 Å². The summed E-state index contributed by atoms with van der Waals surface area (Å²) in [4.78, 5) is 12.4. The van der Waals surface area contributed by atoms with Crippen LogP contribution in [0.4, 0.5) is 0 Å². The van der Waals surface area contributed by atoms with E-state index in [1.165, 1.54) is 25.7 Å². The topological polar surface area (TPSA) is 59.6 Å². The Morgan fingerprint density at radius 2 is 2.17 bits per heavy atom. The van der Waals surface area contributed by atoms with E-state index in [9.17, 15) is 4.79 Å². The van der Waals surface area contributed by atoms with Gasteiger partial charge in [0.25, 0.3) is 0 Å². The Hall–Kier alpha value is -1.59. The average molecular weight is 332 g/mol. The maximum atomic E-state index is 12.4. The van der Waals surface area contributed by atoms with E-state index < -0.39 is 0 Å². The van der Waals surface area contributed by atoms with Gasteiger partial charge in [-0.2, -0.15) is 0 Å². The van der Waals surface area contributed by atoms with Gasteiger partial charge in [-0.15, -0.1) is 0 Å². The van der Waals surface area contributed by atoms with Crippen molar-refractivity contribution in [1.29, 1.82) is 0 Å². The maximum absolute atomic E-state index is 12.4. The molecule has 1 aliphatic carbocycles. The van der Waals surface area contributed by atoms with Crippen LogP contribution in [0, 0.1) is 5.92 Å². The molecule has 2 aliphatic rings. The molecular weight excluding hydrogens is 304 g/mol. The molecule has 1 aromatic carbocycles. The van der Waals surface area contributed by atoms with Gasteiger partial charge in [-0.05, 0) is 42.9 Å². The van der Waals surface area contributed by atoms with Gasteiger partial charge < -0.3 is 20.1 Å². The molecular formula is C19H28N2O3. The summed E-state index contributed by atoms with van der Waals surface area (Å²) in [6.45, 7) is 1.63. The lowest BCUT2D eigenvalue weighted by Gasteiger charge is -2.24. The summed E-state index contributed by atoms with van der Waals surface area (Å²) in [5, 5.41) is 6.59. The summed E-state index contributed by atoms with van der Waals surface area (Å²) >= 11 is 0. The first-order chi connectivity index (χ1) is 11.8. The van der Waals surface area contributed by atoms with Crippen molar-refractivity contribution < 1.29 is 14.3 Å². The molecule has 0 aromatic heterocycles. The molecule has 1 aliphatic heterocycles. The number of methoxy groups -OCH3 is 1. The van der Waals surface area contributed by atoms with E-state index >= 15 is 0 Å². The Bertz CT molecular complexity index is 535. The zero-order valence-electron chi connectivity index (χ0n) is 14.4. The maximum Gasteiger partial charge on any atom is 0.237 e. The van der Waals surface area contributed by atoms with Crippen molar-refractivity contribution in [1.82, 2.24) is 10.6 Å². The van der Waals surface area contributed by atoms with Crippen molar-refractivity contribution in [2.24, 2.45) is 5.92 Å². The second-order valence-corrected chi connectivity index (χ2v) is 6.81. The molecule has 3 rings (SSSR count). The Kier molecular flexibility index (Phi) is 6.10. The number of hydrogen-bond acceptors (Lipinski definition) is 4. The largest absolute Gasteiger partial charge is 0.491 e. The molecule has 5 heteroatoms. The summed E-state index contributed by atoms with van der Waals surface area (Å²) in [5.74, 6) is 1.62. The second-order valence-electron chi connectivity index (χ2n) is 6.81. The predicted molar refractivity (Wildman–Crippen MR) is 92.9 cm³/mol. The Morgan fingerprint density at radius 3 is 3.00 bits per heavy atom. The molecule has 0 bridgehead atoms. The molecule has 5 nitrogen and oxygen atoms in total. The molecule has 2 fully saturated rings. The van der Waals surface area contributed by atoms with Crippen LogP contribution < -0.4 is 15.4 Å². The number of benzene rings is 1. The van der Waals surface area contributed by atoms with Crippen LogP contribution in [0.15, 0.2) is 24.3 Å². The minimum atomic E-state index is -0.0285. The van der Waals surface area contributed by atoms with E-state index in [1.807, 2.05) is 24.3 Å². The summed E-state index contributed by atoms with van der Waals surface area (Å²) < 4.78 is 10.6. The van der Waals surface area contributed by atoms with Crippen LogP contribution in [0.1, 0.15) is 37.7 Å². The van der Waals surface area contributed by atoms with E-state index in [-0.39, 0.29) is 11.9 Å². The van der Waals surface area contributed by atoms with Gasteiger partial charge in [-0.3, -0.25) is 4.79 Å². The number of amides is 1. The van der Waals surface area contributed by atoms with Crippen LogP contribution in [0.3, 0.4) is 0 Å². The number of carbonyl (C=O) groups excluding carboxylic acids is 1. The third kappa shape index (κ3) is 4.48. The second kappa shape index (κ2) is 8.49. The molecule has 24 heavy (non-hydrogen) atoms. The monoisotopic (exact) mass is 332 g/mol. The van der Waals surface area contributed by atoms with Crippen LogP contribution in [0.2, 0.25) is 0 Å². The fourth-order valence-electron chi connectivity index (χ4n) is 3.82. The van der Waals surface area contributed by atoms with Crippen molar-refractivity contribution in [3.05, 3.63) is 29.8 Å². The normalized spacial score (nSPS) is 26.0. The molecule has 132 valence electrons. The lowest BCUT2D eigenvalue weighted by atomic mass is 9.85. The fourth-order valence-corrected chi connectivity index (χ4v) is 3.82. The SMILES string of the molecule is COCCOc1cccc(CNC(=O)C2CC3CCCCC3N2)c1. The number of carbonyl (C=O) groups is 1. The van der Waals surface area contributed by atoms with E-state index in [1.54, 1.807) is 7.11 Å². The Balaban J connectivity index is 1.47. The van der Waals surface area contributed by atoms with E-state index in [4.69, 9.17) is 9.47 Å². The molecule has 2 N–H and O–H groups in total. The molecule has 1 aromatic rings. The molecule has 0 radical (unpaired) electrons. The van der Waals surface area contributed by atoms with Crippen LogP contribution in [-0.4, -0.2) is 38.3 Å². The summed E-state index contributed by atoms with van der Waals surface area (Å²) in [7, 11) is 1.66. The Labute approximate surface area is 144 Å². The Morgan fingerprint density at radius 1 is 1.29 bits per heavy atom. The van der Waals surface area contributed by atoms with Gasteiger partial charge in [0, 0.05) is 19.7 Å². The average Bonchev–Trinajstić information content (AvgIpc) is 3.04. The van der Waals surface area contributed by atoms with E-state index in [2.05, 4.69) is 10.6 Å². The van der Waals surface area contributed by atoms with Crippen LogP contribution in [0.5, 0.6) is 5.75 Å². The van der Waals surface area contributed by atoms with Crippen molar-refractivity contribution in [3.63, 3.8) is 0 Å². The van der Waals surface area contributed by atoms with Gasteiger partial charge in [-0.25, -0.2) is 0 Å². The molecule has 3 atom stereocenters. The van der Waals surface area contributed by atoms with Gasteiger partial charge >= 0.3 is 0 Å². The first-order valence-corrected chi connectivity index (χ1v) is 9.00. The highest BCUT2D eigenvalue weighted by Gasteiger charge is 2.37.